The molecule has 0 aliphatic rings. The molecule has 0 radical (unpaired) electrons. The Hall–Kier alpha value is -0.120. The predicted molar refractivity (Wildman–Crippen MR) is 37.3 cm³/mol. The predicted octanol–water partition coefficient (Wildman–Crippen LogP) is 2.18. The molecular formula is C4HCl2NOS. The van der Waals surface area contributed by atoms with E-state index in [4.69, 9.17) is 23.2 Å². The van der Waals surface area contributed by atoms with Gasteiger partial charge in [-0.1, -0.05) is 22.9 Å². The van der Waals surface area contributed by atoms with Crippen LogP contribution in [0.25, 0.3) is 0 Å². The van der Waals surface area contributed by atoms with E-state index in [1.54, 1.807) is 0 Å². The first-order valence-corrected chi connectivity index (χ1v) is 3.58. The average Bonchev–Trinajstić information content (AvgIpc) is 2.14. The van der Waals surface area contributed by atoms with E-state index in [9.17, 15) is 4.79 Å². The molecule has 0 N–H and O–H groups in total. The molecule has 0 fully saturated rings. The molecule has 1 rings (SSSR count). The minimum Gasteiger partial charge on any atom is -0.275 e. The molecule has 1 aromatic heterocycles. The van der Waals surface area contributed by atoms with E-state index in [0.29, 0.717) is 9.34 Å². The van der Waals surface area contributed by atoms with E-state index < -0.39 is 5.24 Å². The van der Waals surface area contributed by atoms with E-state index in [0.717, 1.165) is 11.3 Å². The van der Waals surface area contributed by atoms with Crippen molar-refractivity contribution in [2.75, 3.05) is 0 Å². The molecule has 1 heterocycles. The average molecular weight is 182 g/mol. The molecule has 1 aromatic rings. The summed E-state index contributed by atoms with van der Waals surface area (Å²) in [7, 11) is 0. The van der Waals surface area contributed by atoms with Crippen LogP contribution in [0.1, 0.15) is 9.67 Å². The maximum Gasteiger partial charge on any atom is 0.264 e. The summed E-state index contributed by atoms with van der Waals surface area (Å²) >= 11 is 11.6. The van der Waals surface area contributed by atoms with Crippen molar-refractivity contribution in [2.45, 2.75) is 0 Å². The molecule has 0 saturated carbocycles. The molecule has 0 aromatic carbocycles. The fraction of sp³-hybridized carbons (Fsp3) is 0. The van der Waals surface area contributed by atoms with Crippen molar-refractivity contribution < 1.29 is 4.79 Å². The number of hydrogen-bond donors (Lipinski definition) is 0. The molecule has 48 valence electrons. The number of nitrogens with zero attached hydrogens (tertiary/aromatic N) is 1. The van der Waals surface area contributed by atoms with Crippen molar-refractivity contribution in [1.82, 2.24) is 4.98 Å². The van der Waals surface area contributed by atoms with Crippen LogP contribution in [0.15, 0.2) is 6.20 Å². The van der Waals surface area contributed by atoms with E-state index >= 15 is 0 Å². The second-order valence-electron chi connectivity index (χ2n) is 1.25. The minimum atomic E-state index is -0.514. The van der Waals surface area contributed by atoms with Gasteiger partial charge in [-0.05, 0) is 11.6 Å². The molecule has 0 saturated heterocycles. The topological polar surface area (TPSA) is 30.0 Å². The summed E-state index contributed by atoms with van der Waals surface area (Å²) < 4.78 is 0.332. The summed E-state index contributed by atoms with van der Waals surface area (Å²) in [6.07, 6.45) is 1.35. The molecule has 0 spiro atoms. The van der Waals surface area contributed by atoms with Gasteiger partial charge < -0.3 is 0 Å². The summed E-state index contributed by atoms with van der Waals surface area (Å²) in [5.74, 6) is 0. The smallest absolute Gasteiger partial charge is 0.264 e. The van der Waals surface area contributed by atoms with Crippen LogP contribution in [0, 0.1) is 0 Å². The lowest BCUT2D eigenvalue weighted by Gasteiger charge is -1.75. The lowest BCUT2D eigenvalue weighted by molar-refractivity contribution is 0.108. The van der Waals surface area contributed by atoms with Gasteiger partial charge in [0.25, 0.3) is 5.24 Å². The Labute approximate surface area is 65.4 Å². The van der Waals surface area contributed by atoms with E-state index in [-0.39, 0.29) is 0 Å². The van der Waals surface area contributed by atoms with Crippen molar-refractivity contribution in [1.29, 1.82) is 0 Å². The monoisotopic (exact) mass is 181 g/mol. The minimum absolute atomic E-state index is 0.332. The van der Waals surface area contributed by atoms with Gasteiger partial charge in [0.15, 0.2) is 4.47 Å². The first kappa shape index (κ1) is 6.99. The first-order valence-electron chi connectivity index (χ1n) is 2.01. The highest BCUT2D eigenvalue weighted by Crippen LogP contribution is 2.18. The normalized spacial score (nSPS) is 9.56. The van der Waals surface area contributed by atoms with Gasteiger partial charge in [-0.15, -0.1) is 0 Å². The molecule has 0 atom stereocenters. The zero-order valence-corrected chi connectivity index (χ0v) is 6.43. The third kappa shape index (κ3) is 1.64. The lowest BCUT2D eigenvalue weighted by Crippen LogP contribution is -1.78. The fourth-order valence-corrected chi connectivity index (χ4v) is 1.28. The molecule has 2 nitrogen and oxygen atoms in total. The Balaban J connectivity index is 2.98. The molecule has 9 heavy (non-hydrogen) atoms. The second kappa shape index (κ2) is 2.64. The highest BCUT2D eigenvalue weighted by Gasteiger charge is 2.04. The Kier molecular flexibility index (Phi) is 2.05. The van der Waals surface area contributed by atoms with Gasteiger partial charge >= 0.3 is 0 Å². The molecule has 0 unspecified atom stereocenters. The van der Waals surface area contributed by atoms with Crippen LogP contribution in [0.4, 0.5) is 0 Å². The largest absolute Gasteiger partial charge is 0.275 e. The zero-order valence-electron chi connectivity index (χ0n) is 4.10. The van der Waals surface area contributed by atoms with Crippen LogP contribution < -0.4 is 0 Å². The van der Waals surface area contributed by atoms with Gasteiger partial charge in [-0.2, -0.15) is 0 Å². The SMILES string of the molecule is O=C(Cl)c1cnc(Cl)s1. The third-order valence-corrected chi connectivity index (χ3v) is 2.10. The summed E-state index contributed by atoms with van der Waals surface area (Å²) in [6.45, 7) is 0. The summed E-state index contributed by atoms with van der Waals surface area (Å²) in [4.78, 5) is 14.3. The van der Waals surface area contributed by atoms with Crippen LogP contribution in [-0.4, -0.2) is 10.2 Å². The summed E-state index contributed by atoms with van der Waals surface area (Å²) in [6, 6.07) is 0. The number of carbonyl (C=O) groups excluding carboxylic acids is 1. The fourth-order valence-electron chi connectivity index (χ4n) is 0.344. The van der Waals surface area contributed by atoms with E-state index in [2.05, 4.69) is 4.98 Å². The standard InChI is InChI=1S/C4HCl2NOS/c5-3(8)2-1-7-4(6)9-2/h1H. The van der Waals surface area contributed by atoms with E-state index in [1.165, 1.54) is 6.20 Å². The van der Waals surface area contributed by atoms with Gasteiger partial charge in [0.05, 0.1) is 6.20 Å². The van der Waals surface area contributed by atoms with Crippen LogP contribution in [-0.2, 0) is 0 Å². The zero-order chi connectivity index (χ0) is 6.85. The van der Waals surface area contributed by atoms with Crippen LogP contribution in [0.5, 0.6) is 0 Å². The number of thiazole rings is 1. The molecule has 0 aliphatic carbocycles. The van der Waals surface area contributed by atoms with Crippen LogP contribution in [0.2, 0.25) is 4.47 Å². The van der Waals surface area contributed by atoms with Gasteiger partial charge in [-0.3, -0.25) is 4.79 Å². The van der Waals surface area contributed by atoms with Crippen molar-refractivity contribution in [3.8, 4) is 0 Å². The van der Waals surface area contributed by atoms with Gasteiger partial charge in [0.2, 0.25) is 0 Å². The van der Waals surface area contributed by atoms with Crippen molar-refractivity contribution in [2.24, 2.45) is 0 Å². The van der Waals surface area contributed by atoms with Crippen molar-refractivity contribution >= 4 is 39.8 Å². The maximum atomic E-state index is 10.3. The molecular weight excluding hydrogens is 181 g/mol. The van der Waals surface area contributed by atoms with Crippen LogP contribution >= 0.6 is 34.5 Å². The molecule has 0 bridgehead atoms. The van der Waals surface area contributed by atoms with Gasteiger partial charge in [0.1, 0.15) is 4.88 Å². The summed E-state index contributed by atoms with van der Waals surface area (Å²) in [5, 5.41) is -0.514. The molecule has 0 aliphatic heterocycles. The number of rotatable bonds is 1. The second-order valence-corrected chi connectivity index (χ2v) is 3.21. The quantitative estimate of drug-likeness (QED) is 0.623. The highest BCUT2D eigenvalue weighted by molar-refractivity contribution is 7.18. The Morgan fingerprint density at radius 2 is 2.44 bits per heavy atom. The van der Waals surface area contributed by atoms with Crippen molar-refractivity contribution in [3.05, 3.63) is 15.5 Å². The third-order valence-electron chi connectivity index (χ3n) is 0.671. The lowest BCUT2D eigenvalue weighted by atomic mass is 10.6. The summed E-state index contributed by atoms with van der Waals surface area (Å²) in [5.41, 5.74) is 0. The highest BCUT2D eigenvalue weighted by atomic mass is 35.5. The van der Waals surface area contributed by atoms with Gasteiger partial charge in [0, 0.05) is 0 Å². The number of carbonyl (C=O) groups is 1. The molecule has 0 amide bonds. The Morgan fingerprint density at radius 3 is 2.67 bits per heavy atom. The maximum absolute atomic E-state index is 10.3. The van der Waals surface area contributed by atoms with E-state index in [1.807, 2.05) is 0 Å². The first-order chi connectivity index (χ1) is 4.20. The van der Waals surface area contributed by atoms with Crippen molar-refractivity contribution in [3.63, 3.8) is 0 Å². The Morgan fingerprint density at radius 1 is 1.78 bits per heavy atom. The number of halogens is 2. The van der Waals surface area contributed by atoms with Crippen LogP contribution in [0.3, 0.4) is 0 Å². The number of hydrogen-bond acceptors (Lipinski definition) is 3. The number of aromatic nitrogens is 1. The van der Waals surface area contributed by atoms with Gasteiger partial charge in [-0.25, -0.2) is 4.98 Å². The Bertz CT molecular complexity index is 234. The molecule has 5 heteroatoms.